The summed E-state index contributed by atoms with van der Waals surface area (Å²) in [6, 6.07) is 6.31. The van der Waals surface area contributed by atoms with E-state index in [-0.39, 0.29) is 0 Å². The Labute approximate surface area is 136 Å². The zero-order valence-electron chi connectivity index (χ0n) is 12.4. The van der Waals surface area contributed by atoms with Crippen molar-refractivity contribution in [2.24, 2.45) is 5.41 Å². The molecule has 0 radical (unpaired) electrons. The number of rotatable bonds is 6. The molecule has 0 aliphatic heterocycles. The lowest BCUT2D eigenvalue weighted by molar-refractivity contribution is 0.181. The van der Waals surface area contributed by atoms with Gasteiger partial charge in [0.25, 0.3) is 0 Å². The largest absolute Gasteiger partial charge is 0.316 e. The molecule has 0 aromatic heterocycles. The zero-order chi connectivity index (χ0) is 14.4. The maximum absolute atomic E-state index is 6.42. The van der Waals surface area contributed by atoms with Crippen molar-refractivity contribution in [1.82, 2.24) is 5.32 Å². The molecule has 2 rings (SSSR count). The first-order chi connectivity index (χ1) is 9.65. The van der Waals surface area contributed by atoms with Crippen LogP contribution in [0.1, 0.15) is 51.0 Å². The molecule has 0 unspecified atom stereocenters. The number of hydrogen-bond acceptors (Lipinski definition) is 1. The van der Waals surface area contributed by atoms with Crippen LogP contribution >= 0.6 is 27.5 Å². The van der Waals surface area contributed by atoms with Gasteiger partial charge < -0.3 is 5.32 Å². The van der Waals surface area contributed by atoms with Gasteiger partial charge in [0, 0.05) is 16.0 Å². The standard InChI is InChI=1S/C17H25BrClN/c1-2-10-20-13-17(8-4-3-5-9-17)12-14-6-7-15(18)11-16(14)19/h6-7,11,20H,2-5,8-10,12-13H2,1H3. The molecule has 1 aliphatic rings. The first-order valence-corrected chi connectivity index (χ1v) is 8.97. The van der Waals surface area contributed by atoms with Crippen molar-refractivity contribution >= 4 is 27.5 Å². The maximum Gasteiger partial charge on any atom is 0.0449 e. The van der Waals surface area contributed by atoms with E-state index in [0.29, 0.717) is 5.41 Å². The van der Waals surface area contributed by atoms with E-state index in [1.165, 1.54) is 44.1 Å². The number of halogens is 2. The maximum atomic E-state index is 6.42. The van der Waals surface area contributed by atoms with Crippen LogP contribution in [0.25, 0.3) is 0 Å². The van der Waals surface area contributed by atoms with Gasteiger partial charge in [-0.1, -0.05) is 59.8 Å². The number of hydrogen-bond donors (Lipinski definition) is 1. The first kappa shape index (κ1) is 16.3. The van der Waals surface area contributed by atoms with Crippen LogP contribution in [-0.4, -0.2) is 13.1 Å². The van der Waals surface area contributed by atoms with Crippen molar-refractivity contribution in [1.29, 1.82) is 0 Å². The second-order valence-corrected chi connectivity index (χ2v) is 7.47. The Morgan fingerprint density at radius 2 is 2.00 bits per heavy atom. The molecule has 0 bridgehead atoms. The Hall–Kier alpha value is -0.0500. The van der Waals surface area contributed by atoms with Crippen LogP contribution in [0.5, 0.6) is 0 Å². The van der Waals surface area contributed by atoms with Gasteiger partial charge in [0.05, 0.1) is 0 Å². The summed E-state index contributed by atoms with van der Waals surface area (Å²) in [6.45, 7) is 4.48. The molecule has 1 saturated carbocycles. The zero-order valence-corrected chi connectivity index (χ0v) is 14.7. The predicted molar refractivity (Wildman–Crippen MR) is 91.5 cm³/mol. The number of benzene rings is 1. The highest BCUT2D eigenvalue weighted by molar-refractivity contribution is 9.10. The molecule has 0 spiro atoms. The quantitative estimate of drug-likeness (QED) is 0.653. The first-order valence-electron chi connectivity index (χ1n) is 7.80. The fourth-order valence-corrected chi connectivity index (χ4v) is 4.06. The molecule has 1 aromatic carbocycles. The third kappa shape index (κ3) is 4.47. The van der Waals surface area contributed by atoms with E-state index >= 15 is 0 Å². The summed E-state index contributed by atoms with van der Waals surface area (Å²) in [5.41, 5.74) is 1.71. The van der Waals surface area contributed by atoms with E-state index in [9.17, 15) is 0 Å². The topological polar surface area (TPSA) is 12.0 Å². The van der Waals surface area contributed by atoms with Crippen molar-refractivity contribution in [2.75, 3.05) is 13.1 Å². The van der Waals surface area contributed by atoms with Crippen LogP contribution in [0.4, 0.5) is 0 Å². The van der Waals surface area contributed by atoms with Crippen LogP contribution < -0.4 is 5.32 Å². The molecule has 0 atom stereocenters. The average Bonchev–Trinajstić information content (AvgIpc) is 2.44. The Kier molecular flexibility index (Phi) is 6.38. The van der Waals surface area contributed by atoms with Gasteiger partial charge >= 0.3 is 0 Å². The second-order valence-electron chi connectivity index (χ2n) is 6.15. The Morgan fingerprint density at radius 3 is 2.65 bits per heavy atom. The van der Waals surface area contributed by atoms with Crippen molar-refractivity contribution in [3.63, 3.8) is 0 Å². The molecule has 20 heavy (non-hydrogen) atoms. The fraction of sp³-hybridized carbons (Fsp3) is 0.647. The van der Waals surface area contributed by atoms with Crippen molar-refractivity contribution in [2.45, 2.75) is 51.9 Å². The third-order valence-corrected chi connectivity index (χ3v) is 5.27. The molecule has 0 amide bonds. The van der Waals surface area contributed by atoms with Crippen LogP contribution in [-0.2, 0) is 6.42 Å². The SMILES string of the molecule is CCCNCC1(Cc2ccc(Br)cc2Cl)CCCCC1. The van der Waals surface area contributed by atoms with Gasteiger partial charge in [0.2, 0.25) is 0 Å². The molecule has 1 aromatic rings. The lowest BCUT2D eigenvalue weighted by atomic mass is 9.70. The van der Waals surface area contributed by atoms with E-state index < -0.39 is 0 Å². The fourth-order valence-electron chi connectivity index (χ4n) is 3.32. The highest BCUT2D eigenvalue weighted by atomic mass is 79.9. The molecular weight excluding hydrogens is 334 g/mol. The van der Waals surface area contributed by atoms with E-state index in [4.69, 9.17) is 11.6 Å². The smallest absolute Gasteiger partial charge is 0.0449 e. The summed E-state index contributed by atoms with van der Waals surface area (Å²) in [7, 11) is 0. The van der Waals surface area contributed by atoms with Gasteiger partial charge in [-0.15, -0.1) is 0 Å². The number of nitrogens with one attached hydrogen (secondary N) is 1. The van der Waals surface area contributed by atoms with Gasteiger partial charge in [0.15, 0.2) is 0 Å². The van der Waals surface area contributed by atoms with Crippen LogP contribution in [0, 0.1) is 5.41 Å². The molecule has 112 valence electrons. The Morgan fingerprint density at radius 1 is 1.25 bits per heavy atom. The molecule has 0 saturated heterocycles. The minimum absolute atomic E-state index is 0.408. The minimum Gasteiger partial charge on any atom is -0.316 e. The highest BCUT2D eigenvalue weighted by Gasteiger charge is 2.32. The van der Waals surface area contributed by atoms with Gasteiger partial charge in [-0.3, -0.25) is 0 Å². The Balaban J connectivity index is 2.10. The molecule has 1 aliphatic carbocycles. The predicted octanol–water partition coefficient (Wildman–Crippen LogP) is 5.60. The summed E-state index contributed by atoms with van der Waals surface area (Å²) in [5, 5.41) is 4.55. The summed E-state index contributed by atoms with van der Waals surface area (Å²) >= 11 is 9.91. The lowest BCUT2D eigenvalue weighted by Crippen LogP contribution is -2.38. The lowest BCUT2D eigenvalue weighted by Gasteiger charge is -2.38. The molecule has 0 heterocycles. The Bertz CT molecular complexity index is 427. The summed E-state index contributed by atoms with van der Waals surface area (Å²) in [6.07, 6.45) is 9.09. The van der Waals surface area contributed by atoms with Crippen molar-refractivity contribution in [3.05, 3.63) is 33.3 Å². The van der Waals surface area contributed by atoms with E-state index in [2.05, 4.69) is 40.3 Å². The highest BCUT2D eigenvalue weighted by Crippen LogP contribution is 2.40. The third-order valence-electron chi connectivity index (χ3n) is 4.42. The van der Waals surface area contributed by atoms with Crippen LogP contribution in [0.15, 0.2) is 22.7 Å². The van der Waals surface area contributed by atoms with Crippen LogP contribution in [0.3, 0.4) is 0 Å². The van der Waals surface area contributed by atoms with Gasteiger partial charge in [-0.05, 0) is 55.3 Å². The molecule has 1 N–H and O–H groups in total. The molecule has 3 heteroatoms. The molecule has 1 nitrogen and oxygen atoms in total. The average molecular weight is 359 g/mol. The van der Waals surface area contributed by atoms with Gasteiger partial charge in [-0.25, -0.2) is 0 Å². The normalized spacial score (nSPS) is 18.1. The van der Waals surface area contributed by atoms with Crippen molar-refractivity contribution in [3.8, 4) is 0 Å². The minimum atomic E-state index is 0.408. The second kappa shape index (κ2) is 7.82. The molecule has 1 fully saturated rings. The summed E-state index contributed by atoms with van der Waals surface area (Å²) in [5.74, 6) is 0. The summed E-state index contributed by atoms with van der Waals surface area (Å²) in [4.78, 5) is 0. The van der Waals surface area contributed by atoms with Crippen LogP contribution in [0.2, 0.25) is 5.02 Å². The van der Waals surface area contributed by atoms with E-state index in [1.54, 1.807) is 0 Å². The monoisotopic (exact) mass is 357 g/mol. The molecular formula is C17H25BrClN. The van der Waals surface area contributed by atoms with Gasteiger partial charge in [0.1, 0.15) is 0 Å². The van der Waals surface area contributed by atoms with E-state index in [1.807, 2.05) is 6.07 Å². The van der Waals surface area contributed by atoms with Crippen molar-refractivity contribution < 1.29 is 0 Å². The van der Waals surface area contributed by atoms with E-state index in [0.717, 1.165) is 29.0 Å². The van der Waals surface area contributed by atoms with Gasteiger partial charge in [-0.2, -0.15) is 0 Å². The summed E-state index contributed by atoms with van der Waals surface area (Å²) < 4.78 is 1.06.